The standard InChI is InChI=1S/C22H24N8O2/c1-16(15-31)9-23-19-5-3-4-17(8-19)13-30-21-18(11-26-30)10-24-22(28-21)27-20-12-25-29(14-20)6-7-32-2/h3-5,8,10-12,14-15,23H,1,6-7,9,13H2,2H3,(H,24,27,28). The first-order valence-electron chi connectivity index (χ1n) is 10.1. The summed E-state index contributed by atoms with van der Waals surface area (Å²) in [6.07, 6.45) is 7.84. The van der Waals surface area contributed by atoms with Crippen LogP contribution < -0.4 is 10.6 Å². The Bertz CT molecular complexity index is 1230. The molecule has 0 radical (unpaired) electrons. The van der Waals surface area contributed by atoms with E-state index in [2.05, 4.69) is 37.4 Å². The highest BCUT2D eigenvalue weighted by molar-refractivity contribution is 5.75. The van der Waals surface area contributed by atoms with E-state index in [4.69, 9.17) is 4.74 Å². The van der Waals surface area contributed by atoms with Crippen LogP contribution in [0.4, 0.5) is 17.3 Å². The molecule has 0 aliphatic rings. The van der Waals surface area contributed by atoms with Crippen molar-refractivity contribution in [1.82, 2.24) is 29.5 Å². The number of aromatic nitrogens is 6. The van der Waals surface area contributed by atoms with Gasteiger partial charge in [-0.3, -0.25) is 9.48 Å². The Morgan fingerprint density at radius 1 is 1.22 bits per heavy atom. The predicted octanol–water partition coefficient (Wildman–Crippen LogP) is 2.63. The van der Waals surface area contributed by atoms with Crippen LogP contribution in [0.25, 0.3) is 11.0 Å². The van der Waals surface area contributed by atoms with E-state index in [1.165, 1.54) is 0 Å². The molecule has 0 amide bonds. The average molecular weight is 432 g/mol. The van der Waals surface area contributed by atoms with Gasteiger partial charge in [0, 0.05) is 37.3 Å². The highest BCUT2D eigenvalue weighted by Crippen LogP contribution is 2.18. The van der Waals surface area contributed by atoms with Crippen molar-refractivity contribution >= 4 is 34.6 Å². The molecule has 164 valence electrons. The Hall–Kier alpha value is -4.05. The van der Waals surface area contributed by atoms with Crippen molar-refractivity contribution in [2.75, 3.05) is 30.9 Å². The minimum absolute atomic E-state index is 0.405. The smallest absolute Gasteiger partial charge is 0.229 e. The van der Waals surface area contributed by atoms with E-state index in [-0.39, 0.29) is 0 Å². The molecule has 0 spiro atoms. The fourth-order valence-corrected chi connectivity index (χ4v) is 3.12. The van der Waals surface area contributed by atoms with E-state index in [9.17, 15) is 4.79 Å². The molecule has 1 aromatic carbocycles. The number of ether oxygens (including phenoxy) is 1. The van der Waals surface area contributed by atoms with Gasteiger partial charge in [0.25, 0.3) is 0 Å². The van der Waals surface area contributed by atoms with Gasteiger partial charge >= 0.3 is 0 Å². The summed E-state index contributed by atoms with van der Waals surface area (Å²) in [4.78, 5) is 19.8. The maximum atomic E-state index is 10.7. The lowest BCUT2D eigenvalue weighted by atomic mass is 10.2. The molecule has 0 unspecified atom stereocenters. The summed E-state index contributed by atoms with van der Waals surface area (Å²) >= 11 is 0. The molecule has 0 saturated heterocycles. The lowest BCUT2D eigenvalue weighted by molar-refractivity contribution is -0.104. The number of carbonyl (C=O) groups is 1. The molecule has 4 aromatic rings. The lowest BCUT2D eigenvalue weighted by Crippen LogP contribution is -2.07. The van der Waals surface area contributed by atoms with Crippen molar-refractivity contribution < 1.29 is 9.53 Å². The van der Waals surface area contributed by atoms with Crippen LogP contribution in [0.3, 0.4) is 0 Å². The molecule has 10 heteroatoms. The molecule has 0 atom stereocenters. The molecule has 0 bridgehead atoms. The molecular formula is C22H24N8O2. The molecule has 4 rings (SSSR count). The molecular weight excluding hydrogens is 408 g/mol. The van der Waals surface area contributed by atoms with Gasteiger partial charge in [-0.15, -0.1) is 0 Å². The zero-order valence-corrected chi connectivity index (χ0v) is 17.7. The Labute approximate surface area is 184 Å². The Morgan fingerprint density at radius 2 is 2.12 bits per heavy atom. The lowest BCUT2D eigenvalue weighted by Gasteiger charge is -2.09. The number of carbonyl (C=O) groups excluding carboxylic acids is 1. The van der Waals surface area contributed by atoms with Gasteiger partial charge in [0.05, 0.1) is 43.2 Å². The van der Waals surface area contributed by atoms with Gasteiger partial charge in [-0.1, -0.05) is 18.7 Å². The normalized spacial score (nSPS) is 10.9. The molecule has 0 saturated carbocycles. The number of benzene rings is 1. The van der Waals surface area contributed by atoms with Crippen LogP contribution in [0, 0.1) is 0 Å². The largest absolute Gasteiger partial charge is 0.383 e. The maximum Gasteiger partial charge on any atom is 0.229 e. The number of aldehydes is 1. The summed E-state index contributed by atoms with van der Waals surface area (Å²) in [7, 11) is 1.66. The minimum atomic E-state index is 0.405. The van der Waals surface area contributed by atoms with Gasteiger partial charge in [-0.2, -0.15) is 15.2 Å². The third-order valence-corrected chi connectivity index (χ3v) is 4.74. The summed E-state index contributed by atoms with van der Waals surface area (Å²) in [5.41, 5.74) is 3.97. The first-order valence-corrected chi connectivity index (χ1v) is 10.1. The number of nitrogens with one attached hydrogen (secondary N) is 2. The van der Waals surface area contributed by atoms with Crippen molar-refractivity contribution in [1.29, 1.82) is 0 Å². The van der Waals surface area contributed by atoms with E-state index in [1.54, 1.807) is 30.4 Å². The van der Waals surface area contributed by atoms with Gasteiger partial charge in [-0.05, 0) is 17.7 Å². The average Bonchev–Trinajstić information content (AvgIpc) is 3.43. The second kappa shape index (κ2) is 9.84. The second-order valence-electron chi connectivity index (χ2n) is 7.21. The van der Waals surface area contributed by atoms with Crippen molar-refractivity contribution in [3.63, 3.8) is 0 Å². The van der Waals surface area contributed by atoms with Gasteiger partial charge in [-0.25, -0.2) is 9.67 Å². The number of hydrogen-bond donors (Lipinski definition) is 2. The maximum absolute atomic E-state index is 10.7. The number of rotatable bonds is 11. The van der Waals surface area contributed by atoms with Crippen molar-refractivity contribution in [2.24, 2.45) is 0 Å². The van der Waals surface area contributed by atoms with E-state index in [0.717, 1.165) is 34.3 Å². The van der Waals surface area contributed by atoms with Gasteiger partial charge in [0.1, 0.15) is 6.29 Å². The Morgan fingerprint density at radius 3 is 2.97 bits per heavy atom. The number of hydrogen-bond acceptors (Lipinski definition) is 8. The summed E-state index contributed by atoms with van der Waals surface area (Å²) in [5.74, 6) is 0.466. The molecule has 3 heterocycles. The SMILES string of the molecule is C=C(C=O)CNc1cccc(Cn2ncc3cnc(Nc4cnn(CCOC)c4)nc32)c1. The number of fused-ring (bicyclic) bond motifs is 1. The second-order valence-corrected chi connectivity index (χ2v) is 7.21. The van der Waals surface area contributed by atoms with Crippen molar-refractivity contribution in [2.45, 2.75) is 13.1 Å². The van der Waals surface area contributed by atoms with Crippen molar-refractivity contribution in [3.8, 4) is 0 Å². The van der Waals surface area contributed by atoms with E-state index >= 15 is 0 Å². The highest BCUT2D eigenvalue weighted by Gasteiger charge is 2.09. The van der Waals surface area contributed by atoms with Gasteiger partial charge < -0.3 is 15.4 Å². The van der Waals surface area contributed by atoms with Crippen molar-refractivity contribution in [3.05, 3.63) is 66.8 Å². The zero-order valence-electron chi connectivity index (χ0n) is 17.7. The predicted molar refractivity (Wildman–Crippen MR) is 122 cm³/mol. The zero-order chi connectivity index (χ0) is 22.3. The molecule has 2 N–H and O–H groups in total. The molecule has 0 aliphatic heterocycles. The van der Waals surface area contributed by atoms with Crippen LogP contribution in [0.1, 0.15) is 5.56 Å². The third kappa shape index (κ3) is 5.16. The van der Waals surface area contributed by atoms with E-state index < -0.39 is 0 Å². The van der Waals surface area contributed by atoms with Crippen LogP contribution in [0.2, 0.25) is 0 Å². The first kappa shape index (κ1) is 21.2. The fraction of sp³-hybridized carbons (Fsp3) is 0.227. The summed E-state index contributed by atoms with van der Waals surface area (Å²) in [5, 5.41) is 16.0. The number of anilines is 3. The van der Waals surface area contributed by atoms with Gasteiger partial charge in [0.2, 0.25) is 5.95 Å². The quantitative estimate of drug-likeness (QED) is 0.275. The van der Waals surface area contributed by atoms with Crippen LogP contribution in [0.5, 0.6) is 0 Å². The molecule has 32 heavy (non-hydrogen) atoms. The molecule has 0 fully saturated rings. The fourth-order valence-electron chi connectivity index (χ4n) is 3.12. The van der Waals surface area contributed by atoms with Crippen LogP contribution in [-0.2, 0) is 22.6 Å². The molecule has 10 nitrogen and oxygen atoms in total. The number of nitrogens with zero attached hydrogens (tertiary/aromatic N) is 6. The van der Waals surface area contributed by atoms with E-state index in [1.807, 2.05) is 35.1 Å². The van der Waals surface area contributed by atoms with E-state index in [0.29, 0.717) is 37.8 Å². The van der Waals surface area contributed by atoms with Crippen LogP contribution in [-0.4, -0.2) is 56.1 Å². The first-order chi connectivity index (χ1) is 15.6. The third-order valence-electron chi connectivity index (χ3n) is 4.74. The number of methoxy groups -OCH3 is 1. The summed E-state index contributed by atoms with van der Waals surface area (Å²) in [6, 6.07) is 7.93. The molecule has 0 aliphatic carbocycles. The van der Waals surface area contributed by atoms with Crippen LogP contribution in [0.15, 0.2) is 61.2 Å². The minimum Gasteiger partial charge on any atom is -0.383 e. The Balaban J connectivity index is 1.49. The summed E-state index contributed by atoms with van der Waals surface area (Å²) < 4.78 is 8.69. The topological polar surface area (TPSA) is 112 Å². The van der Waals surface area contributed by atoms with Crippen LogP contribution >= 0.6 is 0 Å². The van der Waals surface area contributed by atoms with Gasteiger partial charge in [0.15, 0.2) is 5.65 Å². The Kier molecular flexibility index (Phi) is 6.52. The molecule has 3 aromatic heterocycles. The summed E-state index contributed by atoms with van der Waals surface area (Å²) in [6.45, 7) is 5.89. The highest BCUT2D eigenvalue weighted by atomic mass is 16.5. The monoisotopic (exact) mass is 432 g/mol.